The van der Waals surface area contributed by atoms with Crippen LogP contribution in [0.1, 0.15) is 40.8 Å². The van der Waals surface area contributed by atoms with Crippen LogP contribution in [0.5, 0.6) is 0 Å². The number of rotatable bonds is 2. The Morgan fingerprint density at radius 3 is 3.11 bits per heavy atom. The molecule has 0 saturated carbocycles. The van der Waals surface area contributed by atoms with Crippen LogP contribution in [0.4, 0.5) is 0 Å². The monoisotopic (exact) mass is 276 g/mol. The average Bonchev–Trinajstić information content (AvgIpc) is 3.09. The lowest BCUT2D eigenvalue weighted by Gasteiger charge is -2.31. The Kier molecular flexibility index (Phi) is 3.33. The molecule has 0 radical (unpaired) electrons. The third-order valence-electron chi connectivity index (χ3n) is 3.47. The standard InChI is InChI=1S/C13H16N4OS/c1-9-5-14-12(16-9)10-3-2-4-17(6-10)13(18)11-7-19-8-15-11/h5,7-8,10H,2-4,6H2,1H3,(H,14,16)/t10-/m1/s1. The molecule has 1 aliphatic rings. The van der Waals surface area contributed by atoms with Gasteiger partial charge >= 0.3 is 0 Å². The molecule has 3 heterocycles. The summed E-state index contributed by atoms with van der Waals surface area (Å²) in [5.41, 5.74) is 3.32. The fraction of sp³-hybridized carbons (Fsp3) is 0.462. The number of aromatic amines is 1. The molecule has 1 fully saturated rings. The Hall–Kier alpha value is -1.69. The molecule has 0 unspecified atom stereocenters. The molecule has 2 aromatic heterocycles. The van der Waals surface area contributed by atoms with Crippen LogP contribution in [0.3, 0.4) is 0 Å². The van der Waals surface area contributed by atoms with E-state index in [1.807, 2.05) is 23.4 Å². The van der Waals surface area contributed by atoms with Crippen LogP contribution in [0, 0.1) is 6.92 Å². The van der Waals surface area contributed by atoms with E-state index < -0.39 is 0 Å². The quantitative estimate of drug-likeness (QED) is 0.914. The number of aryl methyl sites for hydroxylation is 1. The minimum absolute atomic E-state index is 0.0363. The van der Waals surface area contributed by atoms with Crippen molar-refractivity contribution in [3.63, 3.8) is 0 Å². The fourth-order valence-corrected chi connectivity index (χ4v) is 3.03. The second-order valence-electron chi connectivity index (χ2n) is 4.92. The van der Waals surface area contributed by atoms with E-state index >= 15 is 0 Å². The number of hydrogen-bond acceptors (Lipinski definition) is 4. The average molecular weight is 276 g/mol. The van der Waals surface area contributed by atoms with Gasteiger partial charge in [0, 0.05) is 36.3 Å². The summed E-state index contributed by atoms with van der Waals surface area (Å²) < 4.78 is 0. The third kappa shape index (κ3) is 2.53. The van der Waals surface area contributed by atoms with Crippen LogP contribution in [0.25, 0.3) is 0 Å². The highest BCUT2D eigenvalue weighted by molar-refractivity contribution is 7.07. The minimum atomic E-state index is 0.0363. The van der Waals surface area contributed by atoms with E-state index in [0.29, 0.717) is 11.6 Å². The van der Waals surface area contributed by atoms with Gasteiger partial charge < -0.3 is 9.88 Å². The number of H-pyrrole nitrogens is 1. The number of carbonyl (C=O) groups excluding carboxylic acids is 1. The Morgan fingerprint density at radius 1 is 1.53 bits per heavy atom. The lowest BCUT2D eigenvalue weighted by atomic mass is 9.97. The van der Waals surface area contributed by atoms with Crippen molar-refractivity contribution in [1.29, 1.82) is 0 Å². The Morgan fingerprint density at radius 2 is 2.42 bits per heavy atom. The summed E-state index contributed by atoms with van der Waals surface area (Å²) in [4.78, 5) is 25.9. The Bertz CT molecular complexity index is 563. The van der Waals surface area contributed by atoms with Crippen molar-refractivity contribution >= 4 is 17.2 Å². The lowest BCUT2D eigenvalue weighted by molar-refractivity contribution is 0.0699. The number of nitrogens with one attached hydrogen (secondary N) is 1. The molecule has 1 aliphatic heterocycles. The van der Waals surface area contributed by atoms with Crippen LogP contribution in [0.2, 0.25) is 0 Å². The molecular formula is C13H16N4OS. The molecule has 2 aromatic rings. The maximum Gasteiger partial charge on any atom is 0.273 e. The lowest BCUT2D eigenvalue weighted by Crippen LogP contribution is -2.39. The SMILES string of the molecule is Cc1cnc([C@@H]2CCCN(C(=O)c3cscn3)C2)[nH]1. The molecule has 0 bridgehead atoms. The number of amides is 1. The highest BCUT2D eigenvalue weighted by atomic mass is 32.1. The molecule has 6 heteroatoms. The van der Waals surface area contributed by atoms with Crippen LogP contribution < -0.4 is 0 Å². The first-order valence-corrected chi connectivity index (χ1v) is 7.37. The molecule has 1 saturated heterocycles. The molecule has 0 aliphatic carbocycles. The normalized spacial score (nSPS) is 19.6. The molecule has 100 valence electrons. The number of aromatic nitrogens is 3. The molecule has 3 rings (SSSR count). The Balaban J connectivity index is 1.73. The van der Waals surface area contributed by atoms with E-state index in [2.05, 4.69) is 15.0 Å². The highest BCUT2D eigenvalue weighted by Crippen LogP contribution is 2.25. The topological polar surface area (TPSA) is 61.9 Å². The first kappa shape index (κ1) is 12.3. The van der Waals surface area contributed by atoms with Crippen molar-refractivity contribution in [1.82, 2.24) is 19.9 Å². The number of likely N-dealkylation sites (tertiary alicyclic amines) is 1. The van der Waals surface area contributed by atoms with E-state index in [1.54, 1.807) is 5.51 Å². The number of hydrogen-bond donors (Lipinski definition) is 1. The van der Waals surface area contributed by atoms with Gasteiger partial charge in [0.25, 0.3) is 5.91 Å². The predicted octanol–water partition coefficient (Wildman–Crippen LogP) is 2.19. The number of carbonyl (C=O) groups is 1. The summed E-state index contributed by atoms with van der Waals surface area (Å²) in [5, 5.41) is 1.81. The van der Waals surface area contributed by atoms with Gasteiger partial charge in [0.15, 0.2) is 0 Å². The third-order valence-corrected chi connectivity index (χ3v) is 4.06. The number of piperidine rings is 1. The summed E-state index contributed by atoms with van der Waals surface area (Å²) in [6, 6.07) is 0. The van der Waals surface area contributed by atoms with E-state index in [1.165, 1.54) is 11.3 Å². The second kappa shape index (κ2) is 5.13. The first-order chi connectivity index (χ1) is 9.24. The fourth-order valence-electron chi connectivity index (χ4n) is 2.51. The highest BCUT2D eigenvalue weighted by Gasteiger charge is 2.27. The number of imidazole rings is 1. The summed E-state index contributed by atoms with van der Waals surface area (Å²) in [5.74, 6) is 1.34. The molecule has 0 aromatic carbocycles. The zero-order chi connectivity index (χ0) is 13.2. The summed E-state index contributed by atoms with van der Waals surface area (Å²) in [6.07, 6.45) is 3.94. The van der Waals surface area contributed by atoms with Gasteiger partial charge in [0.1, 0.15) is 11.5 Å². The maximum absolute atomic E-state index is 12.3. The molecule has 1 amide bonds. The summed E-state index contributed by atoms with van der Waals surface area (Å²) in [7, 11) is 0. The maximum atomic E-state index is 12.3. The summed E-state index contributed by atoms with van der Waals surface area (Å²) in [6.45, 7) is 3.54. The minimum Gasteiger partial charge on any atom is -0.346 e. The van der Waals surface area contributed by atoms with Crippen LogP contribution >= 0.6 is 11.3 Å². The van der Waals surface area contributed by atoms with Gasteiger partial charge in [-0.25, -0.2) is 9.97 Å². The van der Waals surface area contributed by atoms with Gasteiger partial charge in [-0.1, -0.05) is 0 Å². The van der Waals surface area contributed by atoms with Gasteiger partial charge in [-0.2, -0.15) is 0 Å². The van der Waals surface area contributed by atoms with Crippen molar-refractivity contribution in [3.8, 4) is 0 Å². The van der Waals surface area contributed by atoms with Crippen molar-refractivity contribution in [2.75, 3.05) is 13.1 Å². The van der Waals surface area contributed by atoms with Gasteiger partial charge in [-0.15, -0.1) is 11.3 Å². The molecule has 5 nitrogen and oxygen atoms in total. The van der Waals surface area contributed by atoms with E-state index in [9.17, 15) is 4.79 Å². The van der Waals surface area contributed by atoms with Gasteiger partial charge in [0.2, 0.25) is 0 Å². The molecular weight excluding hydrogens is 260 g/mol. The van der Waals surface area contributed by atoms with E-state index in [-0.39, 0.29) is 5.91 Å². The van der Waals surface area contributed by atoms with Gasteiger partial charge in [0.05, 0.1) is 5.51 Å². The number of thiazole rings is 1. The van der Waals surface area contributed by atoms with Crippen molar-refractivity contribution in [3.05, 3.63) is 34.3 Å². The molecule has 19 heavy (non-hydrogen) atoms. The van der Waals surface area contributed by atoms with E-state index in [0.717, 1.165) is 37.4 Å². The Labute approximate surface area is 115 Å². The van der Waals surface area contributed by atoms with Crippen LogP contribution in [0.15, 0.2) is 17.1 Å². The second-order valence-corrected chi connectivity index (χ2v) is 5.63. The first-order valence-electron chi connectivity index (χ1n) is 6.43. The van der Waals surface area contributed by atoms with E-state index in [4.69, 9.17) is 0 Å². The zero-order valence-corrected chi connectivity index (χ0v) is 11.6. The zero-order valence-electron chi connectivity index (χ0n) is 10.8. The largest absolute Gasteiger partial charge is 0.346 e. The van der Waals surface area contributed by atoms with Crippen LogP contribution in [-0.2, 0) is 0 Å². The van der Waals surface area contributed by atoms with Crippen molar-refractivity contribution < 1.29 is 4.79 Å². The molecule has 0 spiro atoms. The van der Waals surface area contributed by atoms with Gasteiger partial charge in [-0.05, 0) is 19.8 Å². The summed E-state index contributed by atoms with van der Waals surface area (Å²) >= 11 is 1.46. The van der Waals surface area contributed by atoms with Crippen LogP contribution in [-0.4, -0.2) is 38.8 Å². The van der Waals surface area contributed by atoms with Crippen molar-refractivity contribution in [2.24, 2.45) is 0 Å². The van der Waals surface area contributed by atoms with Crippen molar-refractivity contribution in [2.45, 2.75) is 25.7 Å². The molecule has 1 N–H and O–H groups in total. The number of nitrogens with zero attached hydrogens (tertiary/aromatic N) is 3. The molecule has 1 atom stereocenters. The predicted molar refractivity (Wildman–Crippen MR) is 73.3 cm³/mol. The smallest absolute Gasteiger partial charge is 0.273 e. The van der Waals surface area contributed by atoms with Gasteiger partial charge in [-0.3, -0.25) is 4.79 Å².